The van der Waals surface area contributed by atoms with Crippen LogP contribution >= 0.6 is 11.8 Å². The Morgan fingerprint density at radius 2 is 1.42 bits per heavy atom. The van der Waals surface area contributed by atoms with Crippen LogP contribution < -0.4 is 0 Å². The Hall–Kier alpha value is 0.109. The summed E-state index contributed by atoms with van der Waals surface area (Å²) < 4.78 is 6.75. The molecule has 134 valence electrons. The van der Waals surface area contributed by atoms with E-state index in [9.17, 15) is 0 Å². The van der Waals surface area contributed by atoms with E-state index in [0.717, 1.165) is 0 Å². The van der Waals surface area contributed by atoms with Gasteiger partial charge in [-0.3, -0.25) is 0 Å². The van der Waals surface area contributed by atoms with Crippen molar-refractivity contribution in [1.29, 1.82) is 0 Å². The van der Waals surface area contributed by atoms with Crippen LogP contribution in [-0.2, 0) is 0 Å². The van der Waals surface area contributed by atoms with Crippen molar-refractivity contribution in [2.45, 2.75) is 78.5 Å². The SMILES string of the molecule is CCC[CH2][Sn]([CH2]CCC)([CH2]CCC)[C]1=CC(c2ccccc2)CS1. The van der Waals surface area contributed by atoms with E-state index in [4.69, 9.17) is 0 Å². The van der Waals surface area contributed by atoms with Crippen molar-refractivity contribution in [3.05, 3.63) is 44.9 Å². The average Bonchev–Trinajstić information content (AvgIpc) is 3.13. The van der Waals surface area contributed by atoms with Crippen LogP contribution in [-0.4, -0.2) is 24.1 Å². The van der Waals surface area contributed by atoms with Crippen LogP contribution in [0.4, 0.5) is 0 Å². The molecule has 1 aliphatic heterocycles. The van der Waals surface area contributed by atoms with E-state index in [1.165, 1.54) is 49.8 Å². The Balaban J connectivity index is 2.23. The Labute approximate surface area is 158 Å². The van der Waals surface area contributed by atoms with Crippen molar-refractivity contribution in [2.24, 2.45) is 0 Å². The molecule has 1 heterocycles. The van der Waals surface area contributed by atoms with Crippen molar-refractivity contribution in [1.82, 2.24) is 0 Å². The van der Waals surface area contributed by atoms with Crippen LogP contribution in [0, 0.1) is 0 Å². The summed E-state index contributed by atoms with van der Waals surface area (Å²) in [6.45, 7) is 7.12. The summed E-state index contributed by atoms with van der Waals surface area (Å²) in [7, 11) is 0. The van der Waals surface area contributed by atoms with Crippen molar-refractivity contribution in [2.75, 3.05) is 5.75 Å². The second-order valence-corrected chi connectivity index (χ2v) is 22.7. The molecular weight excluding hydrogens is 415 g/mol. The molecule has 0 fully saturated rings. The number of hydrogen-bond donors (Lipinski definition) is 0. The van der Waals surface area contributed by atoms with E-state index < -0.39 is 18.4 Å². The van der Waals surface area contributed by atoms with E-state index >= 15 is 0 Å². The van der Waals surface area contributed by atoms with Gasteiger partial charge in [-0.2, -0.15) is 0 Å². The second-order valence-electron chi connectivity index (χ2n) is 7.45. The molecule has 1 unspecified atom stereocenters. The first-order valence-corrected chi connectivity index (χ1v) is 18.6. The molecule has 0 N–H and O–H groups in total. The molecule has 24 heavy (non-hydrogen) atoms. The molecule has 0 amide bonds. The van der Waals surface area contributed by atoms with Gasteiger partial charge in [0.15, 0.2) is 0 Å². The summed E-state index contributed by atoms with van der Waals surface area (Å²) in [5.41, 5.74) is 1.53. The van der Waals surface area contributed by atoms with Gasteiger partial charge in [0.1, 0.15) is 0 Å². The predicted molar refractivity (Wildman–Crippen MR) is 115 cm³/mol. The van der Waals surface area contributed by atoms with E-state index in [0.29, 0.717) is 5.92 Å². The molecule has 0 nitrogen and oxygen atoms in total. The molecule has 2 rings (SSSR count). The van der Waals surface area contributed by atoms with Crippen molar-refractivity contribution < 1.29 is 0 Å². The fourth-order valence-electron chi connectivity index (χ4n) is 3.97. The molecule has 1 atom stereocenters. The van der Waals surface area contributed by atoms with Crippen LogP contribution in [0.15, 0.2) is 39.3 Å². The van der Waals surface area contributed by atoms with Crippen LogP contribution in [0.2, 0.25) is 13.3 Å². The van der Waals surface area contributed by atoms with Crippen LogP contribution in [0.5, 0.6) is 0 Å². The molecule has 0 radical (unpaired) electrons. The number of unbranched alkanes of at least 4 members (excludes halogenated alkanes) is 3. The summed E-state index contributed by atoms with van der Waals surface area (Å²) in [5, 5.41) is 0. The second kappa shape index (κ2) is 11.0. The van der Waals surface area contributed by atoms with Gasteiger partial charge in [-0.15, -0.1) is 0 Å². The van der Waals surface area contributed by atoms with Gasteiger partial charge in [0.05, 0.1) is 0 Å². The van der Waals surface area contributed by atoms with Crippen molar-refractivity contribution in [3.8, 4) is 0 Å². The minimum atomic E-state index is -2.17. The zero-order valence-electron chi connectivity index (χ0n) is 16.0. The zero-order valence-corrected chi connectivity index (χ0v) is 19.7. The maximum atomic E-state index is 2.73. The topological polar surface area (TPSA) is 0 Å². The molecule has 0 aliphatic carbocycles. The van der Waals surface area contributed by atoms with Gasteiger partial charge in [0, 0.05) is 0 Å². The molecule has 1 aromatic rings. The number of allylic oxidation sites excluding steroid dienone is 1. The van der Waals surface area contributed by atoms with Crippen molar-refractivity contribution in [3.63, 3.8) is 0 Å². The van der Waals surface area contributed by atoms with Gasteiger partial charge in [-0.1, -0.05) is 0 Å². The average molecular weight is 451 g/mol. The number of rotatable bonds is 11. The normalized spacial score (nSPS) is 18.0. The molecule has 0 saturated heterocycles. The minimum absolute atomic E-state index is 0.673. The molecule has 0 aromatic heterocycles. The standard InChI is InChI=1S/C10H9S.3C4H9.Sn/c1-2-4-9(5-3-1)10-6-7-11-8-10;3*1-3-4-2;/h1-6,10H,8H2;3*1,3-4H2,2H3;. The van der Waals surface area contributed by atoms with Gasteiger partial charge in [-0.25, -0.2) is 0 Å². The van der Waals surface area contributed by atoms with Gasteiger partial charge < -0.3 is 0 Å². The van der Waals surface area contributed by atoms with E-state index in [2.05, 4.69) is 68.9 Å². The molecule has 0 saturated carbocycles. The molecular formula is C22H36SSn. The first kappa shape index (κ1) is 20.4. The summed E-state index contributed by atoms with van der Waals surface area (Å²) in [4.78, 5) is 0. The fourth-order valence-corrected chi connectivity index (χ4v) is 25.2. The molecule has 0 spiro atoms. The van der Waals surface area contributed by atoms with Gasteiger partial charge in [0.25, 0.3) is 0 Å². The summed E-state index contributed by atoms with van der Waals surface area (Å²) in [5.74, 6) is 1.97. The third-order valence-corrected chi connectivity index (χ3v) is 25.3. The third kappa shape index (κ3) is 5.56. The van der Waals surface area contributed by atoms with E-state index in [1.54, 1.807) is 13.3 Å². The summed E-state index contributed by atoms with van der Waals surface area (Å²) >= 11 is 0.0889. The summed E-state index contributed by atoms with van der Waals surface area (Å²) in [6, 6.07) is 11.2. The molecule has 1 aromatic carbocycles. The fraction of sp³-hybridized carbons (Fsp3) is 0.636. The van der Waals surface area contributed by atoms with E-state index in [-0.39, 0.29) is 0 Å². The first-order valence-electron chi connectivity index (χ1n) is 10.2. The Morgan fingerprint density at radius 3 is 1.92 bits per heavy atom. The monoisotopic (exact) mass is 452 g/mol. The molecule has 0 bridgehead atoms. The van der Waals surface area contributed by atoms with Crippen LogP contribution in [0.25, 0.3) is 0 Å². The predicted octanol–water partition coefficient (Wildman–Crippen LogP) is 7.79. The van der Waals surface area contributed by atoms with Gasteiger partial charge in [-0.05, 0) is 0 Å². The number of thioether (sulfide) groups is 1. The van der Waals surface area contributed by atoms with Crippen LogP contribution in [0.1, 0.15) is 70.8 Å². The number of hydrogen-bond acceptors (Lipinski definition) is 1. The Morgan fingerprint density at radius 1 is 0.875 bits per heavy atom. The first-order chi connectivity index (χ1) is 11.8. The Kier molecular flexibility index (Phi) is 9.32. The maximum absolute atomic E-state index is 2.73. The van der Waals surface area contributed by atoms with Crippen LogP contribution in [0.3, 0.4) is 0 Å². The van der Waals surface area contributed by atoms with Gasteiger partial charge in [0.2, 0.25) is 0 Å². The molecule has 1 aliphatic rings. The van der Waals surface area contributed by atoms with Gasteiger partial charge >= 0.3 is 159 Å². The Bertz CT molecular complexity index is 472. The molecule has 2 heteroatoms. The number of benzene rings is 1. The van der Waals surface area contributed by atoms with E-state index in [1.807, 2.05) is 2.92 Å². The zero-order chi connectivity index (χ0) is 17.3. The van der Waals surface area contributed by atoms with Crippen molar-refractivity contribution >= 4 is 30.1 Å². The quantitative estimate of drug-likeness (QED) is 0.310. The summed E-state index contributed by atoms with van der Waals surface area (Å²) in [6.07, 6.45) is 11.3. The third-order valence-electron chi connectivity index (χ3n) is 5.55.